The number of hydrogen-bond donors (Lipinski definition) is 2. The van der Waals surface area contributed by atoms with Crippen LogP contribution in [0, 0.1) is 17.5 Å². The van der Waals surface area contributed by atoms with Crippen LogP contribution in [0.2, 0.25) is 5.02 Å². The number of carbonyl (C=O) groups is 2. The van der Waals surface area contributed by atoms with E-state index in [4.69, 9.17) is 11.6 Å². The Morgan fingerprint density at radius 2 is 1.77 bits per heavy atom. The Morgan fingerprint density at radius 1 is 1.00 bits per heavy atom. The van der Waals surface area contributed by atoms with Crippen molar-refractivity contribution in [3.05, 3.63) is 135 Å². The second-order valence-electron chi connectivity index (χ2n) is 11.4. The fraction of sp³-hybridized carbons (Fsp3) is 0.147. The zero-order valence-corrected chi connectivity index (χ0v) is 25.3. The summed E-state index contributed by atoms with van der Waals surface area (Å²) < 4.78 is 86.3. The lowest BCUT2D eigenvalue weighted by atomic mass is 9.88. The number of anilines is 2. The number of urea groups is 1. The van der Waals surface area contributed by atoms with Gasteiger partial charge in [-0.2, -0.15) is 18.3 Å². The third kappa shape index (κ3) is 5.63. The zero-order chi connectivity index (χ0) is 33.9. The monoisotopic (exact) mass is 681 g/mol. The van der Waals surface area contributed by atoms with Crippen molar-refractivity contribution in [2.24, 2.45) is 0 Å². The molecule has 1 atom stereocenters. The lowest BCUT2D eigenvalue weighted by Gasteiger charge is -2.35. The molecule has 2 aliphatic heterocycles. The first-order valence-corrected chi connectivity index (χ1v) is 14.9. The van der Waals surface area contributed by atoms with Gasteiger partial charge in [0.05, 0.1) is 30.0 Å². The molecule has 7 rings (SSSR count). The van der Waals surface area contributed by atoms with Crippen molar-refractivity contribution >= 4 is 34.9 Å². The molecule has 0 fully saturated rings. The third-order valence-corrected chi connectivity index (χ3v) is 8.61. The summed E-state index contributed by atoms with van der Waals surface area (Å²) in [5.74, 6) is -3.79. The van der Waals surface area contributed by atoms with E-state index in [0.717, 1.165) is 17.7 Å². The minimum Gasteiger partial charge on any atom is -0.327 e. The Labute approximate surface area is 273 Å². The molecule has 14 heteroatoms. The fourth-order valence-corrected chi connectivity index (χ4v) is 6.41. The van der Waals surface area contributed by atoms with Crippen LogP contribution in [-0.2, 0) is 19.1 Å². The lowest BCUT2D eigenvalue weighted by Crippen LogP contribution is -2.46. The van der Waals surface area contributed by atoms with Gasteiger partial charge in [-0.05, 0) is 60.0 Å². The molecule has 3 heterocycles. The molecule has 7 nitrogen and oxygen atoms in total. The molecule has 0 radical (unpaired) electrons. The minimum absolute atomic E-state index is 0.0687. The quantitative estimate of drug-likeness (QED) is 0.178. The van der Waals surface area contributed by atoms with Gasteiger partial charge in [0.15, 0.2) is 5.82 Å². The summed E-state index contributed by atoms with van der Waals surface area (Å²) >= 11 is 6.45. The SMILES string of the molecule is O=C(Nc1cc(-c2nn(Cc3ccccc3)cc2F)c2c3c1C(c1cc(F)ccc1Cl)NC(=O)N3CC2)c1cc(F)cc(C(F)(F)F)c1. The molecule has 0 saturated carbocycles. The molecule has 0 bridgehead atoms. The summed E-state index contributed by atoms with van der Waals surface area (Å²) in [5.41, 5.74) is 0.00952. The fourth-order valence-electron chi connectivity index (χ4n) is 6.19. The van der Waals surface area contributed by atoms with Crippen molar-refractivity contribution in [2.45, 2.75) is 25.2 Å². The molecule has 4 aromatic carbocycles. The van der Waals surface area contributed by atoms with Gasteiger partial charge in [0, 0.05) is 39.5 Å². The van der Waals surface area contributed by atoms with E-state index in [1.807, 2.05) is 30.3 Å². The maximum atomic E-state index is 15.7. The predicted molar refractivity (Wildman–Crippen MR) is 165 cm³/mol. The number of halogens is 7. The average molecular weight is 682 g/mol. The summed E-state index contributed by atoms with van der Waals surface area (Å²) in [6.07, 6.45) is -3.48. The summed E-state index contributed by atoms with van der Waals surface area (Å²) in [7, 11) is 0. The number of hydrogen-bond acceptors (Lipinski definition) is 3. The van der Waals surface area contributed by atoms with Crippen LogP contribution in [0.1, 0.15) is 44.2 Å². The van der Waals surface area contributed by atoms with Crippen LogP contribution in [0.4, 0.5) is 42.5 Å². The molecule has 2 aliphatic rings. The highest BCUT2D eigenvalue weighted by molar-refractivity contribution is 6.31. The second kappa shape index (κ2) is 11.7. The Kier molecular flexibility index (Phi) is 7.66. The molecule has 5 aromatic rings. The summed E-state index contributed by atoms with van der Waals surface area (Å²) in [5, 5.41) is 9.86. The van der Waals surface area contributed by atoms with Gasteiger partial charge in [-0.1, -0.05) is 41.9 Å². The van der Waals surface area contributed by atoms with Crippen molar-refractivity contribution in [3.63, 3.8) is 0 Å². The molecule has 0 saturated heterocycles. The van der Waals surface area contributed by atoms with E-state index < -0.39 is 52.7 Å². The summed E-state index contributed by atoms with van der Waals surface area (Å²) in [4.78, 5) is 28.3. The number of nitrogens with one attached hydrogen (secondary N) is 2. The normalized spacial score (nSPS) is 15.4. The number of aromatic nitrogens is 2. The molecule has 0 aliphatic carbocycles. The first-order chi connectivity index (χ1) is 22.9. The van der Waals surface area contributed by atoms with E-state index in [2.05, 4.69) is 15.7 Å². The highest BCUT2D eigenvalue weighted by Gasteiger charge is 2.41. The largest absolute Gasteiger partial charge is 0.416 e. The van der Waals surface area contributed by atoms with E-state index in [1.165, 1.54) is 27.9 Å². The van der Waals surface area contributed by atoms with E-state index in [9.17, 15) is 31.5 Å². The smallest absolute Gasteiger partial charge is 0.327 e. The minimum atomic E-state index is -4.94. The van der Waals surface area contributed by atoms with E-state index in [-0.39, 0.29) is 64.4 Å². The van der Waals surface area contributed by atoms with E-state index in [0.29, 0.717) is 17.7 Å². The number of alkyl halides is 3. The zero-order valence-electron chi connectivity index (χ0n) is 24.5. The standard InChI is InChI=1S/C34H22ClF6N5O2/c35-25-7-6-20(36)13-24(25)30-28-27(42-32(47)18-10-19(34(39,40)41)12-21(37)11-18)14-23(22-8-9-46(31(22)28)33(48)43-30)29-26(38)16-45(44-29)15-17-4-2-1-3-5-17/h1-7,10-14,16,30H,8-9,15H2,(H,42,47)(H,43,48). The van der Waals surface area contributed by atoms with Crippen LogP contribution in [0.3, 0.4) is 0 Å². The van der Waals surface area contributed by atoms with Gasteiger partial charge in [0.2, 0.25) is 0 Å². The molecule has 48 heavy (non-hydrogen) atoms. The van der Waals surface area contributed by atoms with E-state index >= 15 is 4.39 Å². The van der Waals surface area contributed by atoms with Crippen LogP contribution < -0.4 is 15.5 Å². The van der Waals surface area contributed by atoms with Crippen molar-refractivity contribution in [1.82, 2.24) is 15.1 Å². The van der Waals surface area contributed by atoms with Crippen molar-refractivity contribution in [2.75, 3.05) is 16.8 Å². The number of rotatable bonds is 6. The van der Waals surface area contributed by atoms with Crippen molar-refractivity contribution in [3.8, 4) is 11.3 Å². The van der Waals surface area contributed by atoms with Gasteiger partial charge >= 0.3 is 12.2 Å². The maximum absolute atomic E-state index is 15.7. The molecule has 2 N–H and O–H groups in total. The average Bonchev–Trinajstić information content (AvgIpc) is 3.64. The maximum Gasteiger partial charge on any atom is 0.416 e. The summed E-state index contributed by atoms with van der Waals surface area (Å²) in [6, 6.07) is 13.8. The van der Waals surface area contributed by atoms with Gasteiger partial charge in [0.1, 0.15) is 17.3 Å². The second-order valence-corrected chi connectivity index (χ2v) is 11.8. The molecule has 0 spiro atoms. The molecule has 3 amide bonds. The van der Waals surface area contributed by atoms with Gasteiger partial charge in [0.25, 0.3) is 5.91 Å². The van der Waals surface area contributed by atoms with Crippen LogP contribution in [0.25, 0.3) is 11.3 Å². The van der Waals surface area contributed by atoms with Gasteiger partial charge < -0.3 is 10.6 Å². The third-order valence-electron chi connectivity index (χ3n) is 8.27. The number of nitrogens with zero attached hydrogens (tertiary/aromatic N) is 3. The summed E-state index contributed by atoms with van der Waals surface area (Å²) in [6.45, 7) is 0.394. The predicted octanol–water partition coefficient (Wildman–Crippen LogP) is 8.12. The van der Waals surface area contributed by atoms with Crippen LogP contribution >= 0.6 is 11.6 Å². The highest BCUT2D eigenvalue weighted by atomic mass is 35.5. The molecule has 1 unspecified atom stereocenters. The Bertz CT molecular complexity index is 2120. The number of amides is 3. The first kappa shape index (κ1) is 31.3. The molecular weight excluding hydrogens is 660 g/mol. The van der Waals surface area contributed by atoms with Gasteiger partial charge in [-0.3, -0.25) is 14.4 Å². The van der Waals surface area contributed by atoms with Crippen molar-refractivity contribution in [1.29, 1.82) is 0 Å². The lowest BCUT2D eigenvalue weighted by molar-refractivity contribution is -0.137. The highest BCUT2D eigenvalue weighted by Crippen LogP contribution is 2.50. The van der Waals surface area contributed by atoms with Gasteiger partial charge in [-0.15, -0.1) is 0 Å². The Morgan fingerprint density at radius 3 is 2.52 bits per heavy atom. The van der Waals surface area contributed by atoms with Crippen LogP contribution in [-0.4, -0.2) is 28.3 Å². The Hall–Kier alpha value is -5.30. The number of carbonyl (C=O) groups excluding carboxylic acids is 2. The molecule has 1 aromatic heterocycles. The topological polar surface area (TPSA) is 79.3 Å². The van der Waals surface area contributed by atoms with Crippen molar-refractivity contribution < 1.29 is 35.9 Å². The van der Waals surface area contributed by atoms with Gasteiger partial charge in [-0.25, -0.2) is 18.0 Å². The molecule has 244 valence electrons. The van der Waals surface area contributed by atoms with Crippen LogP contribution in [0.5, 0.6) is 0 Å². The number of benzene rings is 4. The molecular formula is C34H22ClF6N5O2. The van der Waals surface area contributed by atoms with E-state index in [1.54, 1.807) is 0 Å². The van der Waals surface area contributed by atoms with Crippen LogP contribution in [0.15, 0.2) is 79.0 Å². The Balaban J connectivity index is 1.41. The first-order valence-electron chi connectivity index (χ1n) is 14.6.